The number of carbonyl (C=O) groups excluding carboxylic acids is 2. The van der Waals surface area contributed by atoms with E-state index in [-0.39, 0.29) is 29.6 Å². The van der Waals surface area contributed by atoms with Crippen molar-refractivity contribution in [2.45, 2.75) is 6.42 Å². The van der Waals surface area contributed by atoms with Crippen LogP contribution in [0.25, 0.3) is 0 Å². The highest BCUT2D eigenvalue weighted by atomic mass is 35.5. The van der Waals surface area contributed by atoms with Crippen LogP contribution in [0.4, 0.5) is 11.4 Å². The molecule has 1 unspecified atom stereocenters. The lowest BCUT2D eigenvalue weighted by Crippen LogP contribution is -2.26. The summed E-state index contributed by atoms with van der Waals surface area (Å²) in [6, 6.07) is 4.01. The van der Waals surface area contributed by atoms with E-state index in [9.17, 15) is 19.7 Å². The SMILES string of the molecule is COC(=O)C1CC(=O)N(c2ccc([N+](=O)[O-])c(Cl)c2)C1. The molecule has 0 spiro atoms. The number of amides is 1. The van der Waals surface area contributed by atoms with Crippen molar-refractivity contribution >= 4 is 34.9 Å². The topological polar surface area (TPSA) is 89.8 Å². The van der Waals surface area contributed by atoms with Crippen LogP contribution in [0.3, 0.4) is 0 Å². The van der Waals surface area contributed by atoms with Crippen LogP contribution in [0.2, 0.25) is 5.02 Å². The number of halogens is 1. The van der Waals surface area contributed by atoms with Gasteiger partial charge < -0.3 is 9.64 Å². The molecule has 1 amide bonds. The Balaban J connectivity index is 2.24. The minimum absolute atomic E-state index is 0.0539. The molecule has 1 saturated heterocycles. The highest BCUT2D eigenvalue weighted by molar-refractivity contribution is 6.33. The third-order valence-electron chi connectivity index (χ3n) is 3.10. The number of hydrogen-bond acceptors (Lipinski definition) is 5. The van der Waals surface area contributed by atoms with Crippen molar-refractivity contribution in [3.63, 3.8) is 0 Å². The van der Waals surface area contributed by atoms with Crippen LogP contribution < -0.4 is 4.90 Å². The molecule has 0 radical (unpaired) electrons. The number of nitro groups is 1. The summed E-state index contributed by atoms with van der Waals surface area (Å²) < 4.78 is 4.61. The number of methoxy groups -OCH3 is 1. The normalized spacial score (nSPS) is 18.2. The summed E-state index contributed by atoms with van der Waals surface area (Å²) in [5.74, 6) is -1.22. The van der Waals surface area contributed by atoms with Crippen molar-refractivity contribution in [1.29, 1.82) is 0 Å². The zero-order valence-electron chi connectivity index (χ0n) is 10.5. The standard InChI is InChI=1S/C12H11ClN2O5/c1-20-12(17)7-4-11(16)14(6-7)8-2-3-10(15(18)19)9(13)5-8/h2-3,5,7H,4,6H2,1H3. The Kier molecular flexibility index (Phi) is 3.89. The molecule has 1 fully saturated rings. The lowest BCUT2D eigenvalue weighted by molar-refractivity contribution is -0.384. The molecule has 0 aliphatic carbocycles. The minimum Gasteiger partial charge on any atom is -0.469 e. The predicted molar refractivity (Wildman–Crippen MR) is 70.6 cm³/mol. The van der Waals surface area contributed by atoms with Crippen molar-refractivity contribution in [2.24, 2.45) is 5.92 Å². The first kappa shape index (κ1) is 14.3. The fourth-order valence-corrected chi connectivity index (χ4v) is 2.34. The molecule has 0 saturated carbocycles. The number of nitro benzene ring substituents is 1. The summed E-state index contributed by atoms with van der Waals surface area (Å²) in [5.41, 5.74) is 0.198. The number of esters is 1. The summed E-state index contributed by atoms with van der Waals surface area (Å²) in [7, 11) is 1.26. The summed E-state index contributed by atoms with van der Waals surface area (Å²) >= 11 is 5.81. The Morgan fingerprint density at radius 1 is 1.55 bits per heavy atom. The predicted octanol–water partition coefficient (Wildman–Crippen LogP) is 1.77. The summed E-state index contributed by atoms with van der Waals surface area (Å²) in [5, 5.41) is 10.6. The van der Waals surface area contributed by atoms with Crippen molar-refractivity contribution in [3.8, 4) is 0 Å². The largest absolute Gasteiger partial charge is 0.469 e. The van der Waals surface area contributed by atoms with Crippen molar-refractivity contribution in [2.75, 3.05) is 18.6 Å². The molecule has 2 rings (SSSR count). The molecule has 106 valence electrons. The van der Waals surface area contributed by atoms with E-state index in [1.165, 1.54) is 30.2 Å². The van der Waals surface area contributed by atoms with Crippen LogP contribution in [0.1, 0.15) is 6.42 Å². The molecule has 1 aromatic carbocycles. The molecule has 1 aliphatic rings. The average Bonchev–Trinajstić information content (AvgIpc) is 2.79. The Hall–Kier alpha value is -2.15. The zero-order valence-corrected chi connectivity index (χ0v) is 11.3. The van der Waals surface area contributed by atoms with Crippen LogP contribution in [0.15, 0.2) is 18.2 Å². The van der Waals surface area contributed by atoms with E-state index in [0.29, 0.717) is 5.69 Å². The second kappa shape index (κ2) is 5.46. The van der Waals surface area contributed by atoms with Gasteiger partial charge in [0.1, 0.15) is 5.02 Å². The Bertz CT molecular complexity index is 589. The smallest absolute Gasteiger partial charge is 0.311 e. The average molecular weight is 299 g/mol. The van der Waals surface area contributed by atoms with E-state index in [0.717, 1.165) is 0 Å². The molecule has 7 nitrogen and oxygen atoms in total. The van der Waals surface area contributed by atoms with Gasteiger partial charge in [-0.25, -0.2) is 0 Å². The molecule has 1 aliphatic heterocycles. The van der Waals surface area contributed by atoms with Gasteiger partial charge in [-0.2, -0.15) is 0 Å². The van der Waals surface area contributed by atoms with Gasteiger partial charge in [0.2, 0.25) is 5.91 Å². The van der Waals surface area contributed by atoms with Gasteiger partial charge >= 0.3 is 5.97 Å². The van der Waals surface area contributed by atoms with Crippen molar-refractivity contribution in [1.82, 2.24) is 0 Å². The summed E-state index contributed by atoms with van der Waals surface area (Å²) in [6.07, 6.45) is 0.0568. The third kappa shape index (κ3) is 2.57. The molecular weight excluding hydrogens is 288 g/mol. The van der Waals surface area contributed by atoms with Gasteiger partial charge in [0.15, 0.2) is 0 Å². The Morgan fingerprint density at radius 2 is 2.25 bits per heavy atom. The lowest BCUT2D eigenvalue weighted by Gasteiger charge is -2.16. The molecule has 1 heterocycles. The quantitative estimate of drug-likeness (QED) is 0.482. The number of benzene rings is 1. The maximum atomic E-state index is 11.9. The molecule has 0 bridgehead atoms. The first-order chi connectivity index (χ1) is 9.43. The highest BCUT2D eigenvalue weighted by Gasteiger charge is 2.36. The Labute approximate surface area is 119 Å². The van der Waals surface area contributed by atoms with Crippen LogP contribution >= 0.6 is 11.6 Å². The number of carbonyl (C=O) groups is 2. The molecule has 1 aromatic rings. The molecule has 1 atom stereocenters. The number of hydrogen-bond donors (Lipinski definition) is 0. The third-order valence-corrected chi connectivity index (χ3v) is 3.40. The van der Waals surface area contributed by atoms with Gasteiger partial charge in [-0.3, -0.25) is 19.7 Å². The Morgan fingerprint density at radius 3 is 2.80 bits per heavy atom. The van der Waals surface area contributed by atoms with E-state index in [4.69, 9.17) is 11.6 Å². The zero-order chi connectivity index (χ0) is 14.9. The van der Waals surface area contributed by atoms with Gasteiger partial charge in [-0.05, 0) is 12.1 Å². The molecule has 0 N–H and O–H groups in total. The van der Waals surface area contributed by atoms with Gasteiger partial charge in [0, 0.05) is 24.7 Å². The summed E-state index contributed by atoms with van der Waals surface area (Å²) in [4.78, 5) is 34.8. The van der Waals surface area contributed by atoms with E-state index >= 15 is 0 Å². The summed E-state index contributed by atoms with van der Waals surface area (Å²) in [6.45, 7) is 0.180. The lowest BCUT2D eigenvalue weighted by atomic mass is 10.1. The molecule has 0 aromatic heterocycles. The highest BCUT2D eigenvalue weighted by Crippen LogP contribution is 2.32. The van der Waals surface area contributed by atoms with Crippen LogP contribution in [0, 0.1) is 16.0 Å². The van der Waals surface area contributed by atoms with Crippen LogP contribution in [0.5, 0.6) is 0 Å². The maximum Gasteiger partial charge on any atom is 0.311 e. The fourth-order valence-electron chi connectivity index (χ4n) is 2.09. The van der Waals surface area contributed by atoms with Gasteiger partial charge in [0.05, 0.1) is 18.0 Å². The first-order valence-electron chi connectivity index (χ1n) is 5.76. The number of rotatable bonds is 3. The molecular formula is C12H11ClN2O5. The van der Waals surface area contributed by atoms with Gasteiger partial charge in [-0.1, -0.05) is 11.6 Å². The van der Waals surface area contributed by atoms with E-state index < -0.39 is 16.8 Å². The second-order valence-corrected chi connectivity index (χ2v) is 4.73. The van der Waals surface area contributed by atoms with Crippen molar-refractivity contribution < 1.29 is 19.2 Å². The number of ether oxygens (including phenoxy) is 1. The monoisotopic (exact) mass is 298 g/mol. The second-order valence-electron chi connectivity index (χ2n) is 4.32. The van der Waals surface area contributed by atoms with Gasteiger partial charge in [-0.15, -0.1) is 0 Å². The van der Waals surface area contributed by atoms with Gasteiger partial charge in [0.25, 0.3) is 5.69 Å². The van der Waals surface area contributed by atoms with Crippen molar-refractivity contribution in [3.05, 3.63) is 33.3 Å². The van der Waals surface area contributed by atoms with E-state index in [1.807, 2.05) is 0 Å². The molecule has 20 heavy (non-hydrogen) atoms. The minimum atomic E-state index is -0.602. The van der Waals surface area contributed by atoms with E-state index in [1.54, 1.807) is 0 Å². The van der Waals surface area contributed by atoms with Crippen LogP contribution in [-0.2, 0) is 14.3 Å². The number of anilines is 1. The fraction of sp³-hybridized carbons (Fsp3) is 0.333. The van der Waals surface area contributed by atoms with E-state index in [2.05, 4.69) is 4.74 Å². The first-order valence-corrected chi connectivity index (χ1v) is 6.14. The van der Waals surface area contributed by atoms with Crippen LogP contribution in [-0.4, -0.2) is 30.5 Å². The maximum absolute atomic E-state index is 11.9. The number of nitrogens with zero attached hydrogens (tertiary/aromatic N) is 2. The molecule has 8 heteroatoms.